The number of thioether (sulfide) groups is 1. The first-order chi connectivity index (χ1) is 6.06. The van der Waals surface area contributed by atoms with Gasteiger partial charge in [0.15, 0.2) is 5.17 Å². The van der Waals surface area contributed by atoms with E-state index < -0.39 is 5.60 Å². The van der Waals surface area contributed by atoms with Gasteiger partial charge in [-0.2, -0.15) is 0 Å². The second-order valence-corrected chi connectivity index (χ2v) is 4.29. The Morgan fingerprint density at radius 2 is 2.38 bits per heavy atom. The van der Waals surface area contributed by atoms with E-state index in [4.69, 9.17) is 4.74 Å². The van der Waals surface area contributed by atoms with Crippen molar-refractivity contribution in [3.8, 4) is 0 Å². The fourth-order valence-electron chi connectivity index (χ4n) is 0.751. The first kappa shape index (κ1) is 10.5. The molecule has 74 valence electrons. The number of hydrogen-bond acceptors (Lipinski definition) is 4. The van der Waals surface area contributed by atoms with Crippen LogP contribution in [0.4, 0.5) is 0 Å². The van der Waals surface area contributed by atoms with Crippen LogP contribution in [0.25, 0.3) is 0 Å². The number of carbonyl (C=O) groups excluding carboxylic acids is 1. The van der Waals surface area contributed by atoms with Crippen molar-refractivity contribution in [2.24, 2.45) is 4.99 Å². The highest BCUT2D eigenvalue weighted by Gasteiger charge is 2.28. The number of rotatable bonds is 2. The summed E-state index contributed by atoms with van der Waals surface area (Å²) in [6.45, 7) is 4.23. The van der Waals surface area contributed by atoms with Crippen LogP contribution in [-0.4, -0.2) is 36.1 Å². The smallest absolute Gasteiger partial charge is 0.257 e. The molecule has 1 heterocycles. The van der Waals surface area contributed by atoms with Gasteiger partial charge in [-0.15, -0.1) is 0 Å². The van der Waals surface area contributed by atoms with Gasteiger partial charge >= 0.3 is 0 Å². The summed E-state index contributed by atoms with van der Waals surface area (Å²) >= 11 is 1.56. The number of nitrogens with one attached hydrogen (secondary N) is 1. The molecule has 0 aromatic rings. The second kappa shape index (κ2) is 4.11. The van der Waals surface area contributed by atoms with Crippen molar-refractivity contribution in [1.82, 2.24) is 5.32 Å². The van der Waals surface area contributed by atoms with Gasteiger partial charge in [0, 0.05) is 12.9 Å². The molecule has 1 rings (SSSR count). The average molecular weight is 202 g/mol. The topological polar surface area (TPSA) is 50.7 Å². The Morgan fingerprint density at radius 3 is 2.85 bits per heavy atom. The number of hydrogen-bond donors (Lipinski definition) is 1. The summed E-state index contributed by atoms with van der Waals surface area (Å²) in [6, 6.07) is 0. The van der Waals surface area contributed by atoms with Gasteiger partial charge < -0.3 is 10.1 Å². The lowest BCUT2D eigenvalue weighted by Gasteiger charge is -2.21. The van der Waals surface area contributed by atoms with Gasteiger partial charge in [0.1, 0.15) is 5.60 Å². The van der Waals surface area contributed by atoms with Gasteiger partial charge in [-0.05, 0) is 13.8 Å². The lowest BCUT2D eigenvalue weighted by Crippen LogP contribution is -2.45. The predicted molar refractivity (Wildman–Crippen MR) is 54.0 cm³/mol. The maximum Gasteiger partial charge on any atom is 0.257 e. The van der Waals surface area contributed by atoms with E-state index in [1.54, 1.807) is 25.6 Å². The van der Waals surface area contributed by atoms with Crippen LogP contribution in [0.15, 0.2) is 4.99 Å². The Hall–Kier alpha value is -0.550. The minimum atomic E-state index is -0.786. The Bertz CT molecular complexity index is 238. The van der Waals surface area contributed by atoms with E-state index in [2.05, 4.69) is 10.3 Å². The summed E-state index contributed by atoms with van der Waals surface area (Å²) in [5, 5.41) is 3.42. The number of nitrogens with zero attached hydrogens (tertiary/aromatic N) is 1. The largest absolute Gasteiger partial charge is 0.369 e. The Morgan fingerprint density at radius 1 is 1.69 bits per heavy atom. The Kier molecular flexibility index (Phi) is 3.33. The fourth-order valence-corrected chi connectivity index (χ4v) is 1.47. The van der Waals surface area contributed by atoms with Gasteiger partial charge in [0.05, 0.1) is 6.54 Å². The van der Waals surface area contributed by atoms with E-state index in [1.165, 1.54) is 7.11 Å². The van der Waals surface area contributed by atoms with Crippen molar-refractivity contribution >= 4 is 22.8 Å². The summed E-state index contributed by atoms with van der Waals surface area (Å²) in [7, 11) is 1.52. The number of amidine groups is 1. The molecule has 1 N–H and O–H groups in total. The van der Waals surface area contributed by atoms with Gasteiger partial charge in [0.25, 0.3) is 5.91 Å². The highest BCUT2D eigenvalue weighted by Crippen LogP contribution is 2.12. The molecule has 0 fully saturated rings. The number of carbonyl (C=O) groups is 1. The molecule has 1 aliphatic rings. The summed E-state index contributed by atoms with van der Waals surface area (Å²) in [5.41, 5.74) is -0.786. The van der Waals surface area contributed by atoms with Crippen LogP contribution in [0.5, 0.6) is 0 Å². The van der Waals surface area contributed by atoms with Crippen molar-refractivity contribution in [3.63, 3.8) is 0 Å². The van der Waals surface area contributed by atoms with Gasteiger partial charge in [-0.1, -0.05) is 11.8 Å². The first-order valence-corrected chi connectivity index (χ1v) is 5.08. The molecule has 0 bridgehead atoms. The number of ether oxygens (including phenoxy) is 1. The van der Waals surface area contributed by atoms with Gasteiger partial charge in [-0.25, -0.2) is 0 Å². The van der Waals surface area contributed by atoms with E-state index in [0.717, 1.165) is 12.3 Å². The quantitative estimate of drug-likeness (QED) is 0.714. The van der Waals surface area contributed by atoms with E-state index >= 15 is 0 Å². The first-order valence-electron chi connectivity index (χ1n) is 4.10. The Balaban J connectivity index is 2.49. The average Bonchev–Trinajstić information content (AvgIpc) is 2.57. The highest BCUT2D eigenvalue weighted by atomic mass is 32.2. The minimum absolute atomic E-state index is 0.150. The lowest BCUT2D eigenvalue weighted by atomic mass is 10.1. The lowest BCUT2D eigenvalue weighted by molar-refractivity contribution is -0.137. The second-order valence-electron chi connectivity index (χ2n) is 3.20. The zero-order chi connectivity index (χ0) is 9.90. The third-order valence-corrected chi connectivity index (χ3v) is 2.75. The van der Waals surface area contributed by atoms with Crippen molar-refractivity contribution in [2.45, 2.75) is 19.4 Å². The predicted octanol–water partition coefficient (Wildman–Crippen LogP) is 0.630. The summed E-state index contributed by atoms with van der Waals surface area (Å²) < 4.78 is 5.03. The summed E-state index contributed by atoms with van der Waals surface area (Å²) in [6.07, 6.45) is 0. The maximum atomic E-state index is 11.5. The third kappa shape index (κ3) is 2.70. The molecule has 0 radical (unpaired) electrons. The molecule has 0 unspecified atom stereocenters. The molecule has 0 saturated heterocycles. The van der Waals surface area contributed by atoms with Crippen LogP contribution < -0.4 is 5.32 Å². The van der Waals surface area contributed by atoms with Crippen LogP contribution in [-0.2, 0) is 9.53 Å². The van der Waals surface area contributed by atoms with E-state index in [0.29, 0.717) is 5.17 Å². The number of amides is 1. The van der Waals surface area contributed by atoms with Crippen molar-refractivity contribution < 1.29 is 9.53 Å². The molecule has 0 atom stereocenters. The van der Waals surface area contributed by atoms with E-state index in [1.807, 2.05) is 0 Å². The third-order valence-electron chi connectivity index (χ3n) is 1.86. The molecule has 0 saturated carbocycles. The molecular weight excluding hydrogens is 188 g/mol. The molecule has 4 nitrogen and oxygen atoms in total. The van der Waals surface area contributed by atoms with Crippen LogP contribution in [0, 0.1) is 0 Å². The summed E-state index contributed by atoms with van der Waals surface area (Å²) in [5.74, 6) is 0.798. The molecule has 5 heteroatoms. The van der Waals surface area contributed by atoms with E-state index in [9.17, 15) is 4.79 Å². The van der Waals surface area contributed by atoms with E-state index in [-0.39, 0.29) is 5.91 Å². The standard InChI is InChI=1S/C8H14N2O2S/c1-8(2,12-3)6(11)10-7-9-4-5-13-7/h4-5H2,1-3H3,(H,9,10,11). The van der Waals surface area contributed by atoms with Crippen LogP contribution in [0.2, 0.25) is 0 Å². The van der Waals surface area contributed by atoms with Crippen molar-refractivity contribution in [2.75, 3.05) is 19.4 Å². The van der Waals surface area contributed by atoms with Crippen LogP contribution in [0.3, 0.4) is 0 Å². The molecule has 0 aromatic carbocycles. The van der Waals surface area contributed by atoms with Gasteiger partial charge in [0.2, 0.25) is 0 Å². The SMILES string of the molecule is COC(C)(C)C(=O)NC1=NCCS1. The molecule has 0 aromatic heterocycles. The molecule has 1 aliphatic heterocycles. The fraction of sp³-hybridized carbons (Fsp3) is 0.750. The van der Waals surface area contributed by atoms with Crippen molar-refractivity contribution in [1.29, 1.82) is 0 Å². The Labute approximate surface area is 82.1 Å². The number of methoxy groups -OCH3 is 1. The maximum absolute atomic E-state index is 11.5. The highest BCUT2D eigenvalue weighted by molar-refractivity contribution is 8.14. The molecule has 0 aliphatic carbocycles. The summed E-state index contributed by atoms with van der Waals surface area (Å²) in [4.78, 5) is 15.6. The normalized spacial score (nSPS) is 17.0. The minimum Gasteiger partial charge on any atom is -0.369 e. The van der Waals surface area contributed by atoms with Crippen LogP contribution >= 0.6 is 11.8 Å². The monoisotopic (exact) mass is 202 g/mol. The molecule has 0 spiro atoms. The number of aliphatic imine (C=N–C) groups is 1. The van der Waals surface area contributed by atoms with Crippen LogP contribution in [0.1, 0.15) is 13.8 Å². The molecule has 1 amide bonds. The van der Waals surface area contributed by atoms with Crippen molar-refractivity contribution in [3.05, 3.63) is 0 Å². The molecular formula is C8H14N2O2S. The zero-order valence-corrected chi connectivity index (χ0v) is 8.90. The zero-order valence-electron chi connectivity index (χ0n) is 8.09. The van der Waals surface area contributed by atoms with Gasteiger partial charge in [-0.3, -0.25) is 9.79 Å². The molecule has 13 heavy (non-hydrogen) atoms.